The van der Waals surface area contributed by atoms with Crippen molar-refractivity contribution >= 4 is 15.9 Å². The average Bonchev–Trinajstić information content (AvgIpc) is 2.36. The summed E-state index contributed by atoms with van der Waals surface area (Å²) in [6.45, 7) is 1.99. The second-order valence-corrected chi connectivity index (χ2v) is 4.91. The molecule has 4 N–H and O–H groups in total. The Morgan fingerprint density at radius 1 is 1.29 bits per heavy atom. The second kappa shape index (κ2) is 6.35. The lowest BCUT2D eigenvalue weighted by molar-refractivity contribution is 0.0862. The molecule has 17 heavy (non-hydrogen) atoms. The van der Waals surface area contributed by atoms with Gasteiger partial charge in [-0.15, -0.1) is 0 Å². The van der Waals surface area contributed by atoms with Gasteiger partial charge in [-0.25, -0.2) is 0 Å². The van der Waals surface area contributed by atoms with Gasteiger partial charge < -0.3 is 20.6 Å². The molecular weight excluding hydrogens is 286 g/mol. The van der Waals surface area contributed by atoms with Crippen LogP contribution in [0, 0.1) is 0 Å². The minimum absolute atomic E-state index is 0.144. The standard InChI is InChI=1S/C12H18BrNO3/c1-2-12(7-15,8-16)14-6-9-4-3-5-10(13)11(9)17/h3-5,14-17H,2,6-8H2,1H3. The zero-order chi connectivity index (χ0) is 12.9. The van der Waals surface area contributed by atoms with E-state index in [9.17, 15) is 15.3 Å². The number of aromatic hydroxyl groups is 1. The van der Waals surface area contributed by atoms with E-state index in [1.54, 1.807) is 12.1 Å². The zero-order valence-corrected chi connectivity index (χ0v) is 11.4. The van der Waals surface area contributed by atoms with Crippen LogP contribution in [0.25, 0.3) is 0 Å². The summed E-state index contributed by atoms with van der Waals surface area (Å²) in [6, 6.07) is 5.37. The molecule has 0 aliphatic rings. The van der Waals surface area contributed by atoms with Crippen molar-refractivity contribution in [1.82, 2.24) is 5.32 Å². The van der Waals surface area contributed by atoms with Crippen molar-refractivity contribution in [3.8, 4) is 5.75 Å². The fourth-order valence-electron chi connectivity index (χ4n) is 1.50. The molecule has 1 rings (SSSR count). The van der Waals surface area contributed by atoms with Crippen LogP contribution in [0.1, 0.15) is 18.9 Å². The maximum atomic E-state index is 9.80. The van der Waals surface area contributed by atoms with Gasteiger partial charge >= 0.3 is 0 Å². The Morgan fingerprint density at radius 2 is 1.94 bits per heavy atom. The second-order valence-electron chi connectivity index (χ2n) is 4.05. The highest BCUT2D eigenvalue weighted by Crippen LogP contribution is 2.27. The number of benzene rings is 1. The fourth-order valence-corrected chi connectivity index (χ4v) is 1.90. The van der Waals surface area contributed by atoms with Crippen molar-refractivity contribution in [1.29, 1.82) is 0 Å². The van der Waals surface area contributed by atoms with Crippen molar-refractivity contribution in [2.45, 2.75) is 25.4 Å². The van der Waals surface area contributed by atoms with E-state index >= 15 is 0 Å². The molecule has 0 saturated carbocycles. The quantitative estimate of drug-likeness (QED) is 0.641. The third-order valence-corrected chi connectivity index (χ3v) is 3.65. The summed E-state index contributed by atoms with van der Waals surface area (Å²) in [5.74, 6) is 0.181. The average molecular weight is 304 g/mol. The predicted octanol–water partition coefficient (Wildman–Crippen LogP) is 1.38. The van der Waals surface area contributed by atoms with Gasteiger partial charge in [0, 0.05) is 12.1 Å². The van der Waals surface area contributed by atoms with Crippen LogP contribution in [0.4, 0.5) is 0 Å². The number of nitrogens with one attached hydrogen (secondary N) is 1. The van der Waals surface area contributed by atoms with E-state index in [0.717, 1.165) is 5.56 Å². The SMILES string of the molecule is CCC(CO)(CO)NCc1cccc(Br)c1O. The first-order valence-corrected chi connectivity index (χ1v) is 6.31. The van der Waals surface area contributed by atoms with Crippen LogP contribution >= 0.6 is 15.9 Å². The highest BCUT2D eigenvalue weighted by atomic mass is 79.9. The first kappa shape index (κ1) is 14.4. The highest BCUT2D eigenvalue weighted by Gasteiger charge is 2.25. The normalized spacial score (nSPS) is 11.8. The molecule has 1 aromatic rings. The Hall–Kier alpha value is -0.620. The molecular formula is C12H18BrNO3. The molecule has 0 saturated heterocycles. The molecule has 0 fully saturated rings. The van der Waals surface area contributed by atoms with Gasteiger partial charge in [0.25, 0.3) is 0 Å². The molecule has 0 atom stereocenters. The number of phenolic OH excluding ortho intramolecular Hbond substituents is 1. The van der Waals surface area contributed by atoms with Crippen molar-refractivity contribution in [3.05, 3.63) is 28.2 Å². The van der Waals surface area contributed by atoms with Gasteiger partial charge in [0.05, 0.1) is 23.2 Å². The number of aliphatic hydroxyl groups excluding tert-OH is 2. The van der Waals surface area contributed by atoms with Gasteiger partial charge in [0.1, 0.15) is 5.75 Å². The highest BCUT2D eigenvalue weighted by molar-refractivity contribution is 9.10. The monoisotopic (exact) mass is 303 g/mol. The van der Waals surface area contributed by atoms with E-state index in [-0.39, 0.29) is 19.0 Å². The van der Waals surface area contributed by atoms with Gasteiger partial charge in [-0.2, -0.15) is 0 Å². The molecule has 0 radical (unpaired) electrons. The Kier molecular flexibility index (Phi) is 5.39. The first-order chi connectivity index (χ1) is 8.08. The van der Waals surface area contributed by atoms with Gasteiger partial charge in [0.15, 0.2) is 0 Å². The van der Waals surface area contributed by atoms with E-state index in [2.05, 4.69) is 21.2 Å². The van der Waals surface area contributed by atoms with E-state index in [0.29, 0.717) is 17.4 Å². The van der Waals surface area contributed by atoms with Crippen LogP contribution in [0.2, 0.25) is 0 Å². The number of halogens is 1. The van der Waals surface area contributed by atoms with Crippen LogP contribution in [-0.2, 0) is 6.54 Å². The molecule has 0 heterocycles. The Balaban J connectivity index is 2.75. The third-order valence-electron chi connectivity index (χ3n) is 3.01. The van der Waals surface area contributed by atoms with Crippen LogP contribution in [-0.4, -0.2) is 34.1 Å². The summed E-state index contributed by atoms with van der Waals surface area (Å²) in [4.78, 5) is 0. The molecule has 0 unspecified atom stereocenters. The van der Waals surface area contributed by atoms with E-state index < -0.39 is 5.54 Å². The van der Waals surface area contributed by atoms with Gasteiger partial charge in [0.2, 0.25) is 0 Å². The number of rotatable bonds is 6. The number of para-hydroxylation sites is 1. The van der Waals surface area contributed by atoms with Crippen LogP contribution < -0.4 is 5.32 Å². The molecule has 5 heteroatoms. The summed E-state index contributed by atoms with van der Waals surface area (Å²) < 4.78 is 0.631. The topological polar surface area (TPSA) is 72.7 Å². The van der Waals surface area contributed by atoms with Gasteiger partial charge in [-0.05, 0) is 28.4 Å². The smallest absolute Gasteiger partial charge is 0.134 e. The first-order valence-electron chi connectivity index (χ1n) is 5.51. The number of hydrogen-bond donors (Lipinski definition) is 4. The van der Waals surface area contributed by atoms with Gasteiger partial charge in [-0.3, -0.25) is 0 Å². The van der Waals surface area contributed by atoms with Crippen molar-refractivity contribution in [2.24, 2.45) is 0 Å². The Labute approximate surface area is 109 Å². The minimum atomic E-state index is -0.700. The summed E-state index contributed by atoms with van der Waals surface area (Å²) >= 11 is 3.24. The molecule has 0 aliphatic heterocycles. The van der Waals surface area contributed by atoms with Crippen molar-refractivity contribution in [2.75, 3.05) is 13.2 Å². The van der Waals surface area contributed by atoms with E-state index in [4.69, 9.17) is 0 Å². The van der Waals surface area contributed by atoms with Crippen LogP contribution in [0.3, 0.4) is 0 Å². The van der Waals surface area contributed by atoms with Gasteiger partial charge in [-0.1, -0.05) is 19.1 Å². The lowest BCUT2D eigenvalue weighted by Crippen LogP contribution is -2.50. The molecule has 96 valence electrons. The molecule has 0 spiro atoms. The van der Waals surface area contributed by atoms with Crippen LogP contribution in [0.15, 0.2) is 22.7 Å². The lowest BCUT2D eigenvalue weighted by atomic mass is 9.98. The van der Waals surface area contributed by atoms with E-state index in [1.807, 2.05) is 13.0 Å². The third kappa shape index (κ3) is 3.42. The fraction of sp³-hybridized carbons (Fsp3) is 0.500. The molecule has 0 aromatic heterocycles. The van der Waals surface area contributed by atoms with Crippen molar-refractivity contribution in [3.63, 3.8) is 0 Å². The number of hydrogen-bond acceptors (Lipinski definition) is 4. The minimum Gasteiger partial charge on any atom is -0.506 e. The Morgan fingerprint density at radius 3 is 2.47 bits per heavy atom. The molecule has 0 amide bonds. The maximum absolute atomic E-state index is 9.80. The van der Waals surface area contributed by atoms with Crippen molar-refractivity contribution < 1.29 is 15.3 Å². The summed E-state index contributed by atoms with van der Waals surface area (Å²) in [7, 11) is 0. The molecule has 4 nitrogen and oxygen atoms in total. The number of phenols is 1. The lowest BCUT2D eigenvalue weighted by Gasteiger charge is -2.30. The summed E-state index contributed by atoms with van der Waals surface area (Å²) in [5, 5.41) is 31.5. The molecule has 0 bridgehead atoms. The zero-order valence-electron chi connectivity index (χ0n) is 9.78. The summed E-state index contributed by atoms with van der Waals surface area (Å²) in [5.41, 5.74) is 0.0217. The van der Waals surface area contributed by atoms with Crippen LogP contribution in [0.5, 0.6) is 5.75 Å². The van der Waals surface area contributed by atoms with E-state index in [1.165, 1.54) is 0 Å². The maximum Gasteiger partial charge on any atom is 0.134 e. The Bertz CT molecular complexity index is 359. The summed E-state index contributed by atoms with van der Waals surface area (Å²) in [6.07, 6.45) is 0.606. The molecule has 1 aromatic carbocycles. The largest absolute Gasteiger partial charge is 0.506 e. The molecule has 0 aliphatic carbocycles. The number of aliphatic hydroxyl groups is 2. The predicted molar refractivity (Wildman–Crippen MR) is 69.8 cm³/mol.